The van der Waals surface area contributed by atoms with Crippen LogP contribution in [0.2, 0.25) is 0 Å². The summed E-state index contributed by atoms with van der Waals surface area (Å²) in [6, 6.07) is 14.0. The van der Waals surface area contributed by atoms with E-state index < -0.39 is 5.97 Å². The third-order valence-electron chi connectivity index (χ3n) is 4.49. The van der Waals surface area contributed by atoms with Gasteiger partial charge in [0.1, 0.15) is 5.75 Å². The summed E-state index contributed by atoms with van der Waals surface area (Å²) in [6.45, 7) is 2.17. The average Bonchev–Trinajstić information content (AvgIpc) is 2.97. The van der Waals surface area contributed by atoms with E-state index in [1.165, 1.54) is 5.56 Å². The van der Waals surface area contributed by atoms with E-state index in [2.05, 4.69) is 24.0 Å². The van der Waals surface area contributed by atoms with E-state index in [4.69, 9.17) is 4.74 Å². The number of unbranched alkanes of at least 4 members (excludes halogenated alkanes) is 1. The number of hydrogen-bond acceptors (Lipinski definition) is 2. The first-order valence-corrected chi connectivity index (χ1v) is 8.62. The third kappa shape index (κ3) is 3.53. The van der Waals surface area contributed by atoms with Crippen LogP contribution in [0.5, 0.6) is 5.75 Å². The first-order valence-electron chi connectivity index (χ1n) is 8.62. The van der Waals surface area contributed by atoms with Gasteiger partial charge in [0, 0.05) is 16.5 Å². The molecule has 2 N–H and O–H groups in total. The lowest BCUT2D eigenvalue weighted by Crippen LogP contribution is -2.01. The molecular formula is C21H23NO3. The van der Waals surface area contributed by atoms with E-state index in [1.807, 2.05) is 30.3 Å². The standard InChI is InChI=1S/C21H23NO3/c1-3-4-7-14-10-11-18-16(12-14)17(13-20(23)24)21(22-18)15-8-5-6-9-19(15)25-2/h5-6,8-12,22H,3-4,7,13H2,1-2H3,(H,23,24). The second-order valence-corrected chi connectivity index (χ2v) is 6.23. The summed E-state index contributed by atoms with van der Waals surface area (Å²) in [4.78, 5) is 14.9. The van der Waals surface area contributed by atoms with Crippen molar-refractivity contribution in [2.45, 2.75) is 32.6 Å². The van der Waals surface area contributed by atoms with Gasteiger partial charge in [0.15, 0.2) is 0 Å². The topological polar surface area (TPSA) is 62.3 Å². The van der Waals surface area contributed by atoms with Crippen LogP contribution >= 0.6 is 0 Å². The van der Waals surface area contributed by atoms with Crippen LogP contribution in [0.4, 0.5) is 0 Å². The zero-order valence-electron chi connectivity index (χ0n) is 14.6. The highest BCUT2D eigenvalue weighted by Gasteiger charge is 2.18. The minimum absolute atomic E-state index is 0.0232. The Labute approximate surface area is 147 Å². The van der Waals surface area contributed by atoms with E-state index in [0.717, 1.165) is 52.7 Å². The maximum Gasteiger partial charge on any atom is 0.307 e. The number of para-hydroxylation sites is 1. The predicted molar refractivity (Wildman–Crippen MR) is 100 cm³/mol. The quantitative estimate of drug-likeness (QED) is 0.650. The Morgan fingerprint density at radius 1 is 1.20 bits per heavy atom. The van der Waals surface area contributed by atoms with E-state index in [9.17, 15) is 9.90 Å². The first-order chi connectivity index (χ1) is 12.1. The Morgan fingerprint density at radius 2 is 2.00 bits per heavy atom. The maximum absolute atomic E-state index is 11.5. The monoisotopic (exact) mass is 337 g/mol. The average molecular weight is 337 g/mol. The number of nitrogens with one attached hydrogen (secondary N) is 1. The van der Waals surface area contributed by atoms with E-state index >= 15 is 0 Å². The highest BCUT2D eigenvalue weighted by molar-refractivity contribution is 5.95. The highest BCUT2D eigenvalue weighted by atomic mass is 16.5. The van der Waals surface area contributed by atoms with Crippen LogP contribution in [0.15, 0.2) is 42.5 Å². The minimum atomic E-state index is -0.837. The molecule has 0 amide bonds. The van der Waals surface area contributed by atoms with Gasteiger partial charge in [-0.05, 0) is 48.2 Å². The second-order valence-electron chi connectivity index (χ2n) is 6.23. The Balaban J connectivity index is 2.18. The molecule has 0 saturated carbocycles. The first kappa shape index (κ1) is 17.1. The Morgan fingerprint density at radius 3 is 2.72 bits per heavy atom. The van der Waals surface area contributed by atoms with E-state index in [-0.39, 0.29) is 6.42 Å². The summed E-state index contributed by atoms with van der Waals surface area (Å²) < 4.78 is 5.47. The van der Waals surface area contributed by atoms with Crippen molar-refractivity contribution in [3.05, 3.63) is 53.6 Å². The largest absolute Gasteiger partial charge is 0.496 e. The predicted octanol–water partition coefficient (Wildman–Crippen LogP) is 4.81. The molecule has 1 aromatic heterocycles. The number of carboxylic acids is 1. The van der Waals surface area contributed by atoms with Gasteiger partial charge in [0.05, 0.1) is 19.2 Å². The van der Waals surface area contributed by atoms with Crippen molar-refractivity contribution in [1.29, 1.82) is 0 Å². The van der Waals surface area contributed by atoms with Crippen molar-refractivity contribution < 1.29 is 14.6 Å². The number of ether oxygens (including phenoxy) is 1. The molecule has 0 fully saturated rings. The van der Waals surface area contributed by atoms with Crippen LogP contribution in [0.1, 0.15) is 30.9 Å². The normalized spacial score (nSPS) is 11.0. The van der Waals surface area contributed by atoms with Gasteiger partial charge in [-0.25, -0.2) is 0 Å². The van der Waals surface area contributed by atoms with Crippen molar-refractivity contribution in [2.24, 2.45) is 0 Å². The molecule has 3 rings (SSSR count). The number of aromatic nitrogens is 1. The third-order valence-corrected chi connectivity index (χ3v) is 4.49. The molecule has 0 bridgehead atoms. The Bertz CT molecular complexity index is 895. The van der Waals surface area contributed by atoms with Crippen LogP contribution < -0.4 is 4.74 Å². The number of carboxylic acid groups (broad SMARTS) is 1. The molecule has 0 saturated heterocycles. The minimum Gasteiger partial charge on any atom is -0.496 e. The molecule has 4 nitrogen and oxygen atoms in total. The van der Waals surface area contributed by atoms with Crippen molar-refractivity contribution in [3.8, 4) is 17.0 Å². The molecule has 130 valence electrons. The SMILES string of the molecule is CCCCc1ccc2[nH]c(-c3ccccc3OC)c(CC(=O)O)c2c1. The molecule has 4 heteroatoms. The molecule has 1 heterocycles. The molecule has 0 atom stereocenters. The number of aryl methyl sites for hydroxylation is 1. The fraction of sp³-hybridized carbons (Fsp3) is 0.286. The van der Waals surface area contributed by atoms with Gasteiger partial charge in [-0.15, -0.1) is 0 Å². The smallest absolute Gasteiger partial charge is 0.307 e. The van der Waals surface area contributed by atoms with Crippen LogP contribution in [0.3, 0.4) is 0 Å². The molecule has 25 heavy (non-hydrogen) atoms. The van der Waals surface area contributed by atoms with Gasteiger partial charge in [-0.2, -0.15) is 0 Å². The molecule has 0 radical (unpaired) electrons. The molecule has 0 aliphatic rings. The lowest BCUT2D eigenvalue weighted by atomic mass is 9.99. The fourth-order valence-electron chi connectivity index (χ4n) is 3.25. The fourth-order valence-corrected chi connectivity index (χ4v) is 3.25. The lowest BCUT2D eigenvalue weighted by molar-refractivity contribution is -0.136. The molecule has 2 aromatic carbocycles. The molecule has 0 aliphatic carbocycles. The van der Waals surface area contributed by atoms with Gasteiger partial charge in [0.25, 0.3) is 0 Å². The lowest BCUT2D eigenvalue weighted by Gasteiger charge is -2.08. The van der Waals surface area contributed by atoms with Gasteiger partial charge >= 0.3 is 5.97 Å². The van der Waals surface area contributed by atoms with Crippen LogP contribution in [0, 0.1) is 0 Å². The van der Waals surface area contributed by atoms with Crippen molar-refractivity contribution in [3.63, 3.8) is 0 Å². The van der Waals surface area contributed by atoms with Gasteiger partial charge in [0.2, 0.25) is 0 Å². The highest BCUT2D eigenvalue weighted by Crippen LogP contribution is 2.36. The Kier molecular flexibility index (Phi) is 5.08. The van der Waals surface area contributed by atoms with Gasteiger partial charge in [-0.1, -0.05) is 31.5 Å². The maximum atomic E-state index is 11.5. The summed E-state index contributed by atoms with van der Waals surface area (Å²) in [5, 5.41) is 10.4. The number of aliphatic carboxylic acids is 1. The number of H-pyrrole nitrogens is 1. The van der Waals surface area contributed by atoms with Crippen molar-refractivity contribution >= 4 is 16.9 Å². The number of fused-ring (bicyclic) bond motifs is 1. The van der Waals surface area contributed by atoms with E-state index in [0.29, 0.717) is 0 Å². The summed E-state index contributed by atoms with van der Waals surface area (Å²) >= 11 is 0. The van der Waals surface area contributed by atoms with Crippen LogP contribution in [-0.4, -0.2) is 23.2 Å². The molecular weight excluding hydrogens is 314 g/mol. The van der Waals surface area contributed by atoms with Crippen molar-refractivity contribution in [2.75, 3.05) is 7.11 Å². The van der Waals surface area contributed by atoms with E-state index in [1.54, 1.807) is 7.11 Å². The Hall–Kier alpha value is -2.75. The molecule has 3 aromatic rings. The summed E-state index contributed by atoms with van der Waals surface area (Å²) in [6.07, 6.45) is 3.25. The number of aromatic amines is 1. The van der Waals surface area contributed by atoms with Crippen LogP contribution in [0.25, 0.3) is 22.2 Å². The number of benzene rings is 2. The summed E-state index contributed by atoms with van der Waals surface area (Å²) in [7, 11) is 1.63. The van der Waals surface area contributed by atoms with Gasteiger partial charge < -0.3 is 14.8 Å². The number of methoxy groups -OCH3 is 1. The molecule has 0 spiro atoms. The number of rotatable bonds is 7. The van der Waals surface area contributed by atoms with Crippen molar-refractivity contribution in [1.82, 2.24) is 4.98 Å². The number of carbonyl (C=O) groups is 1. The van der Waals surface area contributed by atoms with Crippen LogP contribution in [-0.2, 0) is 17.6 Å². The second kappa shape index (κ2) is 7.43. The zero-order valence-corrected chi connectivity index (χ0v) is 14.6. The number of hydrogen-bond donors (Lipinski definition) is 2. The summed E-state index contributed by atoms with van der Waals surface area (Å²) in [5.41, 5.74) is 4.71. The zero-order chi connectivity index (χ0) is 17.8. The summed E-state index contributed by atoms with van der Waals surface area (Å²) in [5.74, 6) is -0.108. The molecule has 0 unspecified atom stereocenters. The van der Waals surface area contributed by atoms with Gasteiger partial charge in [-0.3, -0.25) is 4.79 Å². The molecule has 0 aliphatic heterocycles.